The summed E-state index contributed by atoms with van der Waals surface area (Å²) < 4.78 is 1.83. The minimum absolute atomic E-state index is 0.151. The molecule has 0 bridgehead atoms. The van der Waals surface area contributed by atoms with Gasteiger partial charge in [-0.15, -0.1) is 0 Å². The van der Waals surface area contributed by atoms with E-state index in [1.54, 1.807) is 6.92 Å². The number of aromatic nitrogens is 2. The maximum atomic E-state index is 11.7. The van der Waals surface area contributed by atoms with Gasteiger partial charge in [0.15, 0.2) is 0 Å². The Morgan fingerprint density at radius 3 is 2.64 bits per heavy atom. The van der Waals surface area contributed by atoms with Crippen molar-refractivity contribution in [1.82, 2.24) is 19.6 Å². The highest BCUT2D eigenvalue weighted by molar-refractivity contribution is 5.73. The lowest BCUT2D eigenvalue weighted by molar-refractivity contribution is -0.132. The number of nitrogens with zero attached hydrogens (tertiary/aromatic N) is 4. The lowest BCUT2D eigenvalue weighted by Crippen LogP contribution is -2.49. The highest BCUT2D eigenvalue weighted by Crippen LogP contribution is 2.26. The quantitative estimate of drug-likeness (QED) is 0.868. The molecular formula is C17H22N4O. The molecular weight excluding hydrogens is 276 g/mol. The fraction of sp³-hybridized carbons (Fsp3) is 0.412. The first kappa shape index (κ1) is 14.8. The van der Waals surface area contributed by atoms with Crippen LogP contribution in [0.2, 0.25) is 0 Å². The Morgan fingerprint density at radius 1 is 1.23 bits per heavy atom. The lowest BCUT2D eigenvalue weighted by Gasteiger charge is -2.41. The fourth-order valence-corrected chi connectivity index (χ4v) is 3.04. The van der Waals surface area contributed by atoms with Gasteiger partial charge in [0.05, 0.1) is 11.7 Å². The van der Waals surface area contributed by atoms with Crippen molar-refractivity contribution in [2.45, 2.75) is 19.5 Å². The molecule has 5 nitrogen and oxygen atoms in total. The second-order valence-electron chi connectivity index (χ2n) is 5.84. The normalized spacial score (nSPS) is 19.4. The summed E-state index contributed by atoms with van der Waals surface area (Å²) in [6, 6.07) is 12.7. The van der Waals surface area contributed by atoms with E-state index in [-0.39, 0.29) is 11.9 Å². The van der Waals surface area contributed by atoms with Crippen LogP contribution in [0.1, 0.15) is 24.2 Å². The van der Waals surface area contributed by atoms with Crippen LogP contribution in [-0.4, -0.2) is 45.1 Å². The van der Waals surface area contributed by atoms with Gasteiger partial charge in [-0.2, -0.15) is 5.10 Å². The number of carbonyl (C=O) groups is 1. The van der Waals surface area contributed by atoms with E-state index in [9.17, 15) is 4.79 Å². The summed E-state index contributed by atoms with van der Waals surface area (Å²) in [5, 5.41) is 4.48. The second kappa shape index (κ2) is 6.32. The van der Waals surface area contributed by atoms with Gasteiger partial charge in [-0.25, -0.2) is 0 Å². The Kier molecular flexibility index (Phi) is 4.24. The van der Waals surface area contributed by atoms with Crippen LogP contribution >= 0.6 is 0 Å². The SMILES string of the molecule is CC(=O)N1CCN(Cc2ccn(C)n2)[C@@H](c2ccccc2)C1. The zero-order valence-electron chi connectivity index (χ0n) is 13.1. The van der Waals surface area contributed by atoms with E-state index in [2.05, 4.69) is 40.3 Å². The summed E-state index contributed by atoms with van der Waals surface area (Å²) in [5.74, 6) is 0.151. The molecule has 0 unspecified atom stereocenters. The van der Waals surface area contributed by atoms with Gasteiger partial charge in [0.1, 0.15) is 0 Å². The van der Waals surface area contributed by atoms with Crippen LogP contribution in [0.3, 0.4) is 0 Å². The molecule has 0 spiro atoms. The van der Waals surface area contributed by atoms with Crippen molar-refractivity contribution in [1.29, 1.82) is 0 Å². The Hall–Kier alpha value is -2.14. The molecule has 1 amide bonds. The molecule has 0 aliphatic carbocycles. The van der Waals surface area contributed by atoms with E-state index < -0.39 is 0 Å². The smallest absolute Gasteiger partial charge is 0.219 e. The number of hydrogen-bond acceptors (Lipinski definition) is 3. The number of hydrogen-bond donors (Lipinski definition) is 0. The number of piperazine rings is 1. The molecule has 3 rings (SSSR count). The predicted octanol–water partition coefficient (Wildman–Crippen LogP) is 1.83. The molecule has 22 heavy (non-hydrogen) atoms. The Bertz CT molecular complexity index is 637. The molecule has 5 heteroatoms. The zero-order chi connectivity index (χ0) is 15.5. The van der Waals surface area contributed by atoms with Gasteiger partial charge < -0.3 is 4.90 Å². The first-order valence-corrected chi connectivity index (χ1v) is 7.66. The van der Waals surface area contributed by atoms with Crippen LogP contribution in [0, 0.1) is 0 Å². The summed E-state index contributed by atoms with van der Waals surface area (Å²) in [6.07, 6.45) is 1.97. The number of amides is 1. The number of aryl methyl sites for hydroxylation is 1. The van der Waals surface area contributed by atoms with Gasteiger partial charge in [0.25, 0.3) is 0 Å². The molecule has 0 N–H and O–H groups in total. The molecule has 2 heterocycles. The minimum Gasteiger partial charge on any atom is -0.340 e. The van der Waals surface area contributed by atoms with Gasteiger partial charge in [-0.3, -0.25) is 14.4 Å². The van der Waals surface area contributed by atoms with E-state index >= 15 is 0 Å². The molecule has 1 atom stereocenters. The molecule has 0 saturated carbocycles. The van der Waals surface area contributed by atoms with Crippen molar-refractivity contribution in [3.05, 3.63) is 53.9 Å². The molecule has 1 aliphatic heterocycles. The third-order valence-corrected chi connectivity index (χ3v) is 4.25. The molecule has 116 valence electrons. The monoisotopic (exact) mass is 298 g/mol. The van der Waals surface area contributed by atoms with E-state index in [1.165, 1.54) is 5.56 Å². The summed E-state index contributed by atoms with van der Waals surface area (Å²) in [4.78, 5) is 16.1. The van der Waals surface area contributed by atoms with E-state index in [0.717, 1.165) is 31.9 Å². The highest BCUT2D eigenvalue weighted by atomic mass is 16.2. The molecule has 1 fully saturated rings. The topological polar surface area (TPSA) is 41.4 Å². The molecule has 1 aromatic carbocycles. The summed E-state index contributed by atoms with van der Waals surface area (Å²) in [7, 11) is 1.94. The molecule has 1 aromatic heterocycles. The van der Waals surface area contributed by atoms with E-state index in [0.29, 0.717) is 0 Å². The van der Waals surface area contributed by atoms with Crippen molar-refractivity contribution in [2.75, 3.05) is 19.6 Å². The van der Waals surface area contributed by atoms with Crippen LogP contribution in [0.25, 0.3) is 0 Å². The predicted molar refractivity (Wildman–Crippen MR) is 85.1 cm³/mol. The van der Waals surface area contributed by atoms with Crippen LogP contribution < -0.4 is 0 Å². The Balaban J connectivity index is 1.82. The maximum Gasteiger partial charge on any atom is 0.219 e. The second-order valence-corrected chi connectivity index (χ2v) is 5.84. The van der Waals surface area contributed by atoms with Crippen molar-refractivity contribution < 1.29 is 4.79 Å². The summed E-state index contributed by atoms with van der Waals surface area (Å²) >= 11 is 0. The fourth-order valence-electron chi connectivity index (χ4n) is 3.04. The van der Waals surface area contributed by atoms with Crippen molar-refractivity contribution >= 4 is 5.91 Å². The number of benzene rings is 1. The Morgan fingerprint density at radius 2 is 2.00 bits per heavy atom. The number of carbonyl (C=O) groups excluding carboxylic acids is 1. The maximum absolute atomic E-state index is 11.7. The van der Waals surface area contributed by atoms with Gasteiger partial charge in [-0.1, -0.05) is 30.3 Å². The average molecular weight is 298 g/mol. The van der Waals surface area contributed by atoms with Crippen molar-refractivity contribution in [2.24, 2.45) is 7.05 Å². The standard InChI is InChI=1S/C17H22N4O/c1-14(22)20-10-11-21(12-16-8-9-19(2)18-16)17(13-20)15-6-4-3-5-7-15/h3-9,17H,10-13H2,1-2H3/t17-/m1/s1. The Labute approximate surface area is 131 Å². The first-order valence-electron chi connectivity index (χ1n) is 7.66. The molecule has 0 radical (unpaired) electrons. The molecule has 1 aliphatic rings. The highest BCUT2D eigenvalue weighted by Gasteiger charge is 2.29. The van der Waals surface area contributed by atoms with E-state index in [1.807, 2.05) is 28.9 Å². The summed E-state index contributed by atoms with van der Waals surface area (Å²) in [5.41, 5.74) is 2.32. The average Bonchev–Trinajstić information content (AvgIpc) is 2.93. The minimum atomic E-state index is 0.151. The third-order valence-electron chi connectivity index (χ3n) is 4.25. The molecule has 1 saturated heterocycles. The molecule has 2 aromatic rings. The van der Waals surface area contributed by atoms with Gasteiger partial charge >= 0.3 is 0 Å². The lowest BCUT2D eigenvalue weighted by atomic mass is 10.0. The van der Waals surface area contributed by atoms with Crippen LogP contribution in [-0.2, 0) is 18.4 Å². The first-order chi connectivity index (χ1) is 10.6. The van der Waals surface area contributed by atoms with Gasteiger partial charge in [0.2, 0.25) is 5.91 Å². The third kappa shape index (κ3) is 3.20. The van der Waals surface area contributed by atoms with Crippen LogP contribution in [0.4, 0.5) is 0 Å². The van der Waals surface area contributed by atoms with Gasteiger partial charge in [0, 0.05) is 46.3 Å². The number of rotatable bonds is 3. The van der Waals surface area contributed by atoms with Crippen LogP contribution in [0.5, 0.6) is 0 Å². The summed E-state index contributed by atoms with van der Waals surface area (Å²) in [6.45, 7) is 4.86. The van der Waals surface area contributed by atoms with Gasteiger partial charge in [-0.05, 0) is 11.6 Å². The van der Waals surface area contributed by atoms with Crippen LogP contribution in [0.15, 0.2) is 42.6 Å². The largest absolute Gasteiger partial charge is 0.340 e. The van der Waals surface area contributed by atoms with Crippen molar-refractivity contribution in [3.63, 3.8) is 0 Å². The van der Waals surface area contributed by atoms with Crippen molar-refractivity contribution in [3.8, 4) is 0 Å². The van der Waals surface area contributed by atoms with E-state index in [4.69, 9.17) is 0 Å². The zero-order valence-corrected chi connectivity index (χ0v) is 13.1.